The fourth-order valence-electron chi connectivity index (χ4n) is 3.17. The van der Waals surface area contributed by atoms with Gasteiger partial charge in [-0.25, -0.2) is 13.2 Å². The first-order valence-corrected chi connectivity index (χ1v) is 11.8. The normalized spacial score (nSPS) is 12.6. The van der Waals surface area contributed by atoms with Crippen LogP contribution in [0.1, 0.15) is 25.3 Å². The summed E-state index contributed by atoms with van der Waals surface area (Å²) in [4.78, 5) is 38.9. The molecule has 0 unspecified atom stereocenters. The number of fused-ring (bicyclic) bond motifs is 1. The number of ether oxygens (including phenoxy) is 1. The standard InChI is InChI=1S/C20H28N6O4.H2O4S/c1-2-30-19(29)16(7-5-9-24-20(22)23)25-18(28)15(21)10-13-11-26(12-27)17-8-4-3-6-14(13)17;1-5(2,3)4/h3-4,6,8,11-12,15-16H,2,5,7,9-10,21H2,1H3,(H,25,28)(H4,22,23,24);(H2,1,2,3,4)/t15-,16-;/m0./s1. The number of hydrogen-bond donors (Lipinski definition) is 6. The number of carbonyl (C=O) groups excluding carboxylic acids is 3. The Morgan fingerprint density at radius 3 is 2.51 bits per heavy atom. The van der Waals surface area contributed by atoms with Crippen molar-refractivity contribution >= 4 is 45.5 Å². The van der Waals surface area contributed by atoms with Crippen LogP contribution in [0.2, 0.25) is 0 Å². The number of hydrogen-bond acceptors (Lipinski definition) is 8. The van der Waals surface area contributed by atoms with Gasteiger partial charge in [0.2, 0.25) is 22.7 Å². The van der Waals surface area contributed by atoms with Crippen LogP contribution in [0.5, 0.6) is 0 Å². The monoisotopic (exact) mass is 514 g/mol. The molecule has 15 heteroatoms. The summed E-state index contributed by atoms with van der Waals surface area (Å²) in [5.41, 5.74) is 18.3. The number of benzene rings is 1. The van der Waals surface area contributed by atoms with Gasteiger partial charge < -0.3 is 20.3 Å². The molecule has 35 heavy (non-hydrogen) atoms. The van der Waals surface area contributed by atoms with Crippen molar-refractivity contribution in [2.75, 3.05) is 13.2 Å². The molecule has 194 valence electrons. The third kappa shape index (κ3) is 11.0. The Kier molecular flexibility index (Phi) is 11.8. The Balaban J connectivity index is 0.00000111. The van der Waals surface area contributed by atoms with Gasteiger partial charge in [0.05, 0.1) is 24.7 Å². The van der Waals surface area contributed by atoms with Crippen LogP contribution in [0, 0.1) is 0 Å². The highest BCUT2D eigenvalue weighted by atomic mass is 32.3. The summed E-state index contributed by atoms with van der Waals surface area (Å²) < 4.78 is 39.3. The molecule has 2 aromatic rings. The van der Waals surface area contributed by atoms with E-state index in [1.807, 2.05) is 24.3 Å². The second-order valence-electron chi connectivity index (χ2n) is 7.26. The van der Waals surface area contributed by atoms with E-state index in [0.717, 1.165) is 16.5 Å². The van der Waals surface area contributed by atoms with E-state index in [0.29, 0.717) is 25.8 Å². The summed E-state index contributed by atoms with van der Waals surface area (Å²) in [6, 6.07) is 5.62. The second kappa shape index (κ2) is 14.0. The zero-order valence-corrected chi connectivity index (χ0v) is 19.9. The van der Waals surface area contributed by atoms with Gasteiger partial charge in [-0.1, -0.05) is 18.2 Å². The van der Waals surface area contributed by atoms with Crippen LogP contribution in [0.3, 0.4) is 0 Å². The van der Waals surface area contributed by atoms with Gasteiger partial charge in [0, 0.05) is 11.6 Å². The van der Waals surface area contributed by atoms with Gasteiger partial charge in [-0.15, -0.1) is 0 Å². The zero-order valence-electron chi connectivity index (χ0n) is 19.0. The fourth-order valence-corrected chi connectivity index (χ4v) is 3.17. The highest BCUT2D eigenvalue weighted by molar-refractivity contribution is 7.79. The first-order valence-electron chi connectivity index (χ1n) is 10.4. The minimum atomic E-state index is -4.92. The molecular weight excluding hydrogens is 484 g/mol. The molecule has 0 spiro atoms. The van der Waals surface area contributed by atoms with Crippen molar-refractivity contribution in [1.82, 2.24) is 9.88 Å². The average molecular weight is 515 g/mol. The molecule has 0 saturated carbocycles. The first-order chi connectivity index (χ1) is 16.4. The molecular formula is C20H30N6O8S. The number of amides is 1. The molecule has 0 aliphatic carbocycles. The van der Waals surface area contributed by atoms with Crippen molar-refractivity contribution in [3.63, 3.8) is 0 Å². The molecule has 9 N–H and O–H groups in total. The average Bonchev–Trinajstić information content (AvgIpc) is 3.12. The molecule has 0 saturated heterocycles. The maximum atomic E-state index is 12.6. The minimum Gasteiger partial charge on any atom is -0.726 e. The van der Waals surface area contributed by atoms with Crippen LogP contribution in [-0.2, 0) is 35.9 Å². The highest BCUT2D eigenvalue weighted by Gasteiger charge is 2.25. The topological polar surface area (TPSA) is 247 Å². The maximum Gasteiger partial charge on any atom is 0.338 e. The first kappa shape index (κ1) is 29.5. The Morgan fingerprint density at radius 1 is 1.31 bits per heavy atom. The lowest BCUT2D eigenvalue weighted by molar-refractivity contribution is -0.459. The minimum absolute atomic E-state index is 0.0863. The molecule has 0 bridgehead atoms. The van der Waals surface area contributed by atoms with E-state index in [2.05, 4.69) is 10.3 Å². The Morgan fingerprint density at radius 2 is 1.94 bits per heavy atom. The molecule has 0 aliphatic rings. The molecule has 0 fully saturated rings. The number of rotatable bonds is 11. The lowest BCUT2D eigenvalue weighted by Crippen LogP contribution is -2.78. The van der Waals surface area contributed by atoms with E-state index >= 15 is 0 Å². The highest BCUT2D eigenvalue weighted by Crippen LogP contribution is 2.21. The maximum absolute atomic E-state index is 12.6. The van der Waals surface area contributed by atoms with E-state index in [4.69, 9.17) is 39.5 Å². The van der Waals surface area contributed by atoms with E-state index in [1.54, 1.807) is 13.1 Å². The van der Waals surface area contributed by atoms with Crippen molar-refractivity contribution in [2.45, 2.75) is 38.3 Å². The molecule has 1 amide bonds. The number of carbonyl (C=O) groups is 3. The van der Waals surface area contributed by atoms with Crippen LogP contribution >= 0.6 is 0 Å². The molecule has 0 aliphatic heterocycles. The summed E-state index contributed by atoms with van der Waals surface area (Å²) in [5, 5.41) is 3.51. The summed E-state index contributed by atoms with van der Waals surface area (Å²) >= 11 is 0. The van der Waals surface area contributed by atoms with E-state index in [1.165, 1.54) is 4.57 Å². The van der Waals surface area contributed by atoms with Gasteiger partial charge in [0.1, 0.15) is 6.04 Å². The quantitative estimate of drug-likeness (QED) is 0.0330. The largest absolute Gasteiger partial charge is 0.726 e. The number of para-hydroxylation sites is 1. The van der Waals surface area contributed by atoms with Crippen LogP contribution in [-0.4, -0.2) is 71.6 Å². The molecule has 1 heterocycles. The lowest BCUT2D eigenvalue weighted by atomic mass is 10.0. The molecule has 1 aromatic carbocycles. The van der Waals surface area contributed by atoms with Gasteiger partial charge in [0.15, 0.2) is 0 Å². The van der Waals surface area contributed by atoms with E-state index in [-0.39, 0.29) is 19.0 Å². The fraction of sp³-hybridized carbons (Fsp3) is 0.400. The molecule has 2 rings (SSSR count). The second-order valence-corrected chi connectivity index (χ2v) is 8.12. The van der Waals surface area contributed by atoms with Gasteiger partial charge in [-0.3, -0.25) is 35.2 Å². The third-order valence-electron chi connectivity index (χ3n) is 4.60. The molecule has 1 aromatic heterocycles. The van der Waals surface area contributed by atoms with Gasteiger partial charge in [-0.05, 0) is 37.8 Å². The van der Waals surface area contributed by atoms with Crippen LogP contribution in [0.4, 0.5) is 0 Å². The van der Waals surface area contributed by atoms with Crippen molar-refractivity contribution < 1.29 is 41.6 Å². The SMILES string of the molecule is CCOC(=O)[C@H](CCC[NH+]=C(N)N)NC(=O)[C@@H](N)Cc1cn(C=O)c2ccccc12.O=S(=O)([O-])O. The zero-order chi connectivity index (χ0) is 26.6. The Bertz CT molecular complexity index is 1140. The summed E-state index contributed by atoms with van der Waals surface area (Å²) in [6.07, 6.45) is 3.44. The number of guanidine groups is 1. The van der Waals surface area contributed by atoms with Crippen molar-refractivity contribution in [1.29, 1.82) is 0 Å². The van der Waals surface area contributed by atoms with Gasteiger partial charge in [0.25, 0.3) is 0 Å². The Hall–Kier alpha value is -3.53. The van der Waals surface area contributed by atoms with Crippen molar-refractivity contribution in [2.24, 2.45) is 17.2 Å². The number of nitrogens with two attached hydrogens (primary N) is 3. The summed E-state index contributed by atoms with van der Waals surface area (Å²) in [6.45, 7) is 2.34. The number of nitrogens with one attached hydrogen (secondary N) is 2. The van der Waals surface area contributed by atoms with Crippen LogP contribution in [0.15, 0.2) is 30.5 Å². The van der Waals surface area contributed by atoms with Gasteiger partial charge >= 0.3 is 11.9 Å². The predicted octanol–water partition coefficient (Wildman–Crippen LogP) is -3.26. The van der Waals surface area contributed by atoms with E-state index < -0.39 is 34.4 Å². The van der Waals surface area contributed by atoms with Crippen molar-refractivity contribution in [3.05, 3.63) is 36.0 Å². The predicted molar refractivity (Wildman–Crippen MR) is 125 cm³/mol. The number of nitrogens with zero attached hydrogens (tertiary/aromatic N) is 1. The Labute approximate surface area is 202 Å². The van der Waals surface area contributed by atoms with E-state index in [9.17, 15) is 14.4 Å². The van der Waals surface area contributed by atoms with Crippen molar-refractivity contribution in [3.8, 4) is 0 Å². The van der Waals surface area contributed by atoms with Crippen LogP contribution in [0.25, 0.3) is 10.9 Å². The molecule has 0 radical (unpaired) electrons. The van der Waals surface area contributed by atoms with Crippen LogP contribution < -0.4 is 27.5 Å². The summed E-state index contributed by atoms with van der Waals surface area (Å²) in [5.74, 6) is -0.919. The lowest BCUT2D eigenvalue weighted by Gasteiger charge is -2.19. The number of aromatic nitrogens is 1. The summed E-state index contributed by atoms with van der Waals surface area (Å²) in [7, 11) is -4.92. The van der Waals surface area contributed by atoms with Gasteiger partial charge in [-0.2, -0.15) is 0 Å². The smallest absolute Gasteiger partial charge is 0.338 e. The molecule has 14 nitrogen and oxygen atoms in total. The third-order valence-corrected chi connectivity index (χ3v) is 4.60. The molecule has 2 atom stereocenters. The number of esters is 1.